The van der Waals surface area contributed by atoms with E-state index in [0.29, 0.717) is 6.61 Å². The summed E-state index contributed by atoms with van der Waals surface area (Å²) >= 11 is 0. The van der Waals surface area contributed by atoms with Crippen LogP contribution < -0.4 is 4.74 Å². The van der Waals surface area contributed by atoms with Crippen LogP contribution in [0.3, 0.4) is 0 Å². The lowest BCUT2D eigenvalue weighted by Crippen LogP contribution is -2.00. The number of H-pyrrole nitrogens is 1. The fourth-order valence-corrected chi connectivity index (χ4v) is 2.26. The van der Waals surface area contributed by atoms with E-state index in [9.17, 15) is 4.79 Å². The molecule has 0 fully saturated rings. The van der Waals surface area contributed by atoms with Crippen LogP contribution >= 0.6 is 0 Å². The monoisotopic (exact) mass is 296 g/mol. The highest BCUT2D eigenvalue weighted by molar-refractivity contribution is 5.87. The van der Waals surface area contributed by atoms with Gasteiger partial charge in [-0.3, -0.25) is 0 Å². The Hall–Kier alpha value is -2.82. The summed E-state index contributed by atoms with van der Waals surface area (Å²) in [6.45, 7) is 2.37. The van der Waals surface area contributed by atoms with E-state index < -0.39 is 5.97 Å². The third-order valence-electron chi connectivity index (χ3n) is 3.42. The third kappa shape index (κ3) is 2.93. The molecule has 0 aliphatic rings. The van der Waals surface area contributed by atoms with E-state index >= 15 is 0 Å². The van der Waals surface area contributed by atoms with E-state index in [1.807, 2.05) is 31.2 Å². The van der Waals surface area contributed by atoms with Gasteiger partial charge in [-0.2, -0.15) is 0 Å². The van der Waals surface area contributed by atoms with Gasteiger partial charge in [-0.25, -0.2) is 9.78 Å². The number of carboxylic acids is 1. The highest BCUT2D eigenvalue weighted by Gasteiger charge is 2.05. The van der Waals surface area contributed by atoms with Crippen molar-refractivity contribution in [2.24, 2.45) is 0 Å². The van der Waals surface area contributed by atoms with Crippen LogP contribution in [-0.2, 0) is 13.0 Å². The summed E-state index contributed by atoms with van der Waals surface area (Å²) in [5.74, 6) is 0.730. The molecule has 5 nitrogen and oxygen atoms in total. The average molecular weight is 296 g/mol. The molecule has 5 heteroatoms. The Morgan fingerprint density at radius 2 is 2.14 bits per heavy atom. The topological polar surface area (TPSA) is 75.2 Å². The molecular weight excluding hydrogens is 280 g/mol. The molecule has 0 aliphatic carbocycles. The maximum absolute atomic E-state index is 11.0. The van der Waals surface area contributed by atoms with Crippen molar-refractivity contribution >= 4 is 17.0 Å². The van der Waals surface area contributed by atoms with Crippen LogP contribution in [0.15, 0.2) is 42.5 Å². The zero-order valence-electron chi connectivity index (χ0n) is 12.2. The number of nitrogens with one attached hydrogen (secondary N) is 1. The van der Waals surface area contributed by atoms with Gasteiger partial charge >= 0.3 is 5.97 Å². The maximum Gasteiger partial charge on any atom is 0.335 e. The first kappa shape index (κ1) is 14.1. The van der Waals surface area contributed by atoms with Crippen molar-refractivity contribution in [3.63, 3.8) is 0 Å². The molecule has 1 aromatic heterocycles. The van der Waals surface area contributed by atoms with Gasteiger partial charge in [0.2, 0.25) is 0 Å². The van der Waals surface area contributed by atoms with E-state index in [1.165, 1.54) is 0 Å². The predicted octanol–water partition coefficient (Wildman–Crippen LogP) is 3.40. The van der Waals surface area contributed by atoms with Crippen molar-refractivity contribution in [2.75, 3.05) is 0 Å². The van der Waals surface area contributed by atoms with Crippen LogP contribution in [0.2, 0.25) is 0 Å². The summed E-state index contributed by atoms with van der Waals surface area (Å²) in [7, 11) is 0. The number of aromatic nitrogens is 2. The van der Waals surface area contributed by atoms with E-state index in [1.54, 1.807) is 18.2 Å². The molecule has 1 heterocycles. The fourth-order valence-electron chi connectivity index (χ4n) is 2.26. The molecule has 2 N–H and O–H groups in total. The molecule has 0 radical (unpaired) electrons. The zero-order chi connectivity index (χ0) is 15.5. The lowest BCUT2D eigenvalue weighted by atomic mass is 10.1. The van der Waals surface area contributed by atoms with Crippen molar-refractivity contribution in [2.45, 2.75) is 20.0 Å². The van der Waals surface area contributed by atoms with Crippen molar-refractivity contribution in [3.05, 3.63) is 59.4 Å². The molecule has 112 valence electrons. The van der Waals surface area contributed by atoms with Crippen molar-refractivity contribution < 1.29 is 14.6 Å². The predicted molar refractivity (Wildman–Crippen MR) is 83.2 cm³/mol. The Kier molecular flexibility index (Phi) is 3.78. The Labute approximate surface area is 127 Å². The van der Waals surface area contributed by atoms with Gasteiger partial charge in [0.05, 0.1) is 16.6 Å². The van der Waals surface area contributed by atoms with Gasteiger partial charge in [0.15, 0.2) is 0 Å². The summed E-state index contributed by atoms with van der Waals surface area (Å²) in [6, 6.07) is 12.4. The smallest absolute Gasteiger partial charge is 0.335 e. The number of aromatic carboxylic acids is 1. The van der Waals surface area contributed by atoms with Gasteiger partial charge in [-0.1, -0.05) is 19.1 Å². The van der Waals surface area contributed by atoms with Crippen LogP contribution in [-0.4, -0.2) is 21.0 Å². The molecule has 0 saturated carbocycles. The number of benzene rings is 2. The maximum atomic E-state index is 11.0. The summed E-state index contributed by atoms with van der Waals surface area (Å²) in [5, 5.41) is 8.99. The fraction of sp³-hybridized carbons (Fsp3) is 0.176. The first-order valence-electron chi connectivity index (χ1n) is 7.09. The van der Waals surface area contributed by atoms with Crippen LogP contribution in [0.4, 0.5) is 0 Å². The van der Waals surface area contributed by atoms with E-state index in [4.69, 9.17) is 9.84 Å². The Morgan fingerprint density at radius 1 is 1.27 bits per heavy atom. The molecule has 3 rings (SSSR count). The average Bonchev–Trinajstić information content (AvgIpc) is 2.95. The van der Waals surface area contributed by atoms with Crippen LogP contribution in [0.5, 0.6) is 5.75 Å². The van der Waals surface area contributed by atoms with Crippen molar-refractivity contribution in [1.29, 1.82) is 0 Å². The summed E-state index contributed by atoms with van der Waals surface area (Å²) in [4.78, 5) is 18.6. The Morgan fingerprint density at radius 3 is 2.91 bits per heavy atom. The molecule has 2 aromatic carbocycles. The highest BCUT2D eigenvalue weighted by atomic mass is 16.5. The van der Waals surface area contributed by atoms with Gasteiger partial charge in [-0.05, 0) is 29.8 Å². The van der Waals surface area contributed by atoms with Gasteiger partial charge in [0.25, 0.3) is 0 Å². The molecule has 3 aromatic rings. The number of ether oxygens (including phenoxy) is 1. The minimum absolute atomic E-state index is 0.262. The number of rotatable bonds is 5. The van der Waals surface area contributed by atoms with Crippen LogP contribution in [0.25, 0.3) is 11.0 Å². The summed E-state index contributed by atoms with van der Waals surface area (Å²) < 4.78 is 5.74. The molecule has 0 bridgehead atoms. The minimum Gasteiger partial charge on any atom is -0.489 e. The number of fused-ring (bicyclic) bond motifs is 1. The minimum atomic E-state index is -0.937. The SMILES string of the molecule is CCc1nc2ccc(OCc3cccc(C(=O)O)c3)cc2[nH]1. The van der Waals surface area contributed by atoms with E-state index in [-0.39, 0.29) is 5.56 Å². The molecule has 0 aliphatic heterocycles. The summed E-state index contributed by atoms with van der Waals surface area (Å²) in [6.07, 6.45) is 0.854. The summed E-state index contributed by atoms with van der Waals surface area (Å²) in [5.41, 5.74) is 2.93. The van der Waals surface area contributed by atoms with Crippen molar-refractivity contribution in [1.82, 2.24) is 9.97 Å². The molecule has 0 atom stereocenters. The number of aromatic amines is 1. The molecule has 0 spiro atoms. The van der Waals surface area contributed by atoms with Crippen LogP contribution in [0, 0.1) is 0 Å². The number of carbonyl (C=O) groups is 1. The van der Waals surface area contributed by atoms with E-state index in [2.05, 4.69) is 9.97 Å². The Bertz CT molecular complexity index is 824. The molecule has 0 unspecified atom stereocenters. The standard InChI is InChI=1S/C17H16N2O3/c1-2-16-18-14-7-6-13(9-15(14)19-16)22-10-11-4-3-5-12(8-11)17(20)21/h3-9H,2,10H2,1H3,(H,18,19)(H,20,21). The number of hydrogen-bond donors (Lipinski definition) is 2. The van der Waals surface area contributed by atoms with E-state index in [0.717, 1.165) is 34.6 Å². The van der Waals surface area contributed by atoms with Gasteiger partial charge in [0.1, 0.15) is 18.2 Å². The number of aryl methyl sites for hydroxylation is 1. The second kappa shape index (κ2) is 5.89. The molecule has 0 amide bonds. The normalized spacial score (nSPS) is 10.8. The second-order valence-electron chi connectivity index (χ2n) is 5.01. The molecular formula is C17H16N2O3. The van der Waals surface area contributed by atoms with Crippen LogP contribution in [0.1, 0.15) is 28.7 Å². The largest absolute Gasteiger partial charge is 0.489 e. The number of hydrogen-bond acceptors (Lipinski definition) is 3. The highest BCUT2D eigenvalue weighted by Crippen LogP contribution is 2.20. The van der Waals surface area contributed by atoms with Gasteiger partial charge in [0, 0.05) is 12.5 Å². The Balaban J connectivity index is 1.75. The lowest BCUT2D eigenvalue weighted by molar-refractivity contribution is 0.0696. The number of carboxylic acid groups (broad SMARTS) is 1. The first-order chi connectivity index (χ1) is 10.7. The quantitative estimate of drug-likeness (QED) is 0.756. The van der Waals surface area contributed by atoms with Crippen molar-refractivity contribution in [3.8, 4) is 5.75 Å². The van der Waals surface area contributed by atoms with Gasteiger partial charge < -0.3 is 14.8 Å². The van der Waals surface area contributed by atoms with Gasteiger partial charge in [-0.15, -0.1) is 0 Å². The molecule has 22 heavy (non-hydrogen) atoms. The lowest BCUT2D eigenvalue weighted by Gasteiger charge is -2.07. The zero-order valence-corrected chi connectivity index (χ0v) is 12.2. The third-order valence-corrected chi connectivity index (χ3v) is 3.42. The number of nitrogens with zero attached hydrogens (tertiary/aromatic N) is 1. The number of imidazole rings is 1. The molecule has 0 saturated heterocycles. The second-order valence-corrected chi connectivity index (χ2v) is 5.01. The first-order valence-corrected chi connectivity index (χ1v) is 7.09.